The maximum atomic E-state index is 12.3. The molecule has 19 heavy (non-hydrogen) atoms. The van der Waals surface area contributed by atoms with E-state index >= 15 is 0 Å². The number of carbonyl (C=O) groups is 1. The van der Waals surface area contributed by atoms with E-state index in [-0.39, 0.29) is 24.4 Å². The summed E-state index contributed by atoms with van der Waals surface area (Å²) in [6.45, 7) is 8.61. The molecule has 2 rings (SSSR count). The minimum absolute atomic E-state index is 0. The van der Waals surface area contributed by atoms with Gasteiger partial charge in [0.05, 0.1) is 5.69 Å². The van der Waals surface area contributed by atoms with Gasteiger partial charge in [-0.3, -0.25) is 4.79 Å². The molecule has 1 aliphatic rings. The largest absolute Gasteiger partial charge is 0.351 e. The molecule has 0 bridgehead atoms. The molecule has 1 N–H and O–H groups in total. The van der Waals surface area contributed by atoms with E-state index in [0.717, 1.165) is 31.7 Å². The van der Waals surface area contributed by atoms with Crippen molar-refractivity contribution in [2.24, 2.45) is 0 Å². The van der Waals surface area contributed by atoms with E-state index in [9.17, 15) is 4.79 Å². The van der Waals surface area contributed by atoms with Gasteiger partial charge in [0.1, 0.15) is 0 Å². The topological polar surface area (TPSA) is 58.4 Å². The highest BCUT2D eigenvalue weighted by molar-refractivity contribution is 5.91. The van der Waals surface area contributed by atoms with Crippen molar-refractivity contribution in [3.8, 4) is 0 Å². The second-order valence-corrected chi connectivity index (χ2v) is 4.98. The predicted molar refractivity (Wildman–Crippen MR) is 75.8 cm³/mol. The standard InChI is InChI=1S/C13H21N3O2.ClH/c1-4-9(2)11-7-12(18-15-11)13(17)16-6-5-14-8-10(16)3;/h7,9-10,14H,4-6,8H2,1-3H3;1H/t9?,10-;/m1./s1. The molecule has 0 spiro atoms. The van der Waals surface area contributed by atoms with Gasteiger partial charge in [0.25, 0.3) is 5.91 Å². The van der Waals surface area contributed by atoms with Crippen molar-refractivity contribution in [2.45, 2.75) is 39.2 Å². The van der Waals surface area contributed by atoms with Crippen molar-refractivity contribution >= 4 is 18.3 Å². The number of aromatic nitrogens is 1. The van der Waals surface area contributed by atoms with E-state index in [2.05, 4.69) is 24.3 Å². The molecule has 1 fully saturated rings. The number of piperazine rings is 1. The first-order valence-corrected chi connectivity index (χ1v) is 6.61. The smallest absolute Gasteiger partial charge is 0.292 e. The number of nitrogens with zero attached hydrogens (tertiary/aromatic N) is 2. The Balaban J connectivity index is 0.00000180. The second kappa shape index (κ2) is 6.91. The predicted octanol–water partition coefficient (Wildman–Crippen LogP) is 2.04. The number of rotatable bonds is 3. The Labute approximate surface area is 120 Å². The van der Waals surface area contributed by atoms with Crippen LogP contribution < -0.4 is 5.32 Å². The first-order valence-electron chi connectivity index (χ1n) is 6.61. The first kappa shape index (κ1) is 16.0. The van der Waals surface area contributed by atoms with Crippen LogP contribution in [-0.4, -0.2) is 41.6 Å². The maximum absolute atomic E-state index is 12.3. The van der Waals surface area contributed by atoms with Gasteiger partial charge in [-0.25, -0.2) is 0 Å². The van der Waals surface area contributed by atoms with Crippen LogP contribution in [-0.2, 0) is 0 Å². The fraction of sp³-hybridized carbons (Fsp3) is 0.692. The molecule has 108 valence electrons. The molecule has 0 aliphatic carbocycles. The zero-order valence-electron chi connectivity index (χ0n) is 11.7. The van der Waals surface area contributed by atoms with E-state index in [1.807, 2.05) is 11.8 Å². The van der Waals surface area contributed by atoms with Crippen LogP contribution in [0.15, 0.2) is 10.6 Å². The minimum Gasteiger partial charge on any atom is -0.351 e. The summed E-state index contributed by atoms with van der Waals surface area (Å²) in [4.78, 5) is 14.1. The SMILES string of the molecule is CCC(C)c1cc(C(=O)N2CCNC[C@H]2C)on1.Cl. The molecule has 1 saturated heterocycles. The summed E-state index contributed by atoms with van der Waals surface area (Å²) in [5.74, 6) is 0.640. The lowest BCUT2D eigenvalue weighted by Crippen LogP contribution is -2.52. The molecule has 0 saturated carbocycles. The van der Waals surface area contributed by atoms with Crippen LogP contribution in [0.25, 0.3) is 0 Å². The fourth-order valence-electron chi connectivity index (χ4n) is 2.12. The number of carbonyl (C=O) groups excluding carboxylic acids is 1. The van der Waals surface area contributed by atoms with Gasteiger partial charge in [0.15, 0.2) is 0 Å². The average Bonchev–Trinajstić information content (AvgIpc) is 2.87. The van der Waals surface area contributed by atoms with E-state index in [4.69, 9.17) is 4.52 Å². The Morgan fingerprint density at radius 2 is 2.42 bits per heavy atom. The van der Waals surface area contributed by atoms with Crippen LogP contribution in [0.2, 0.25) is 0 Å². The fourth-order valence-corrected chi connectivity index (χ4v) is 2.12. The summed E-state index contributed by atoms with van der Waals surface area (Å²) in [6.07, 6.45) is 0.990. The molecule has 1 unspecified atom stereocenters. The molecule has 2 heterocycles. The van der Waals surface area contributed by atoms with Crippen LogP contribution in [0.3, 0.4) is 0 Å². The van der Waals surface area contributed by atoms with Gasteiger partial charge >= 0.3 is 0 Å². The van der Waals surface area contributed by atoms with Crippen molar-refractivity contribution in [3.05, 3.63) is 17.5 Å². The van der Waals surface area contributed by atoms with Crippen LogP contribution >= 0.6 is 12.4 Å². The van der Waals surface area contributed by atoms with Crippen molar-refractivity contribution in [3.63, 3.8) is 0 Å². The number of hydrogen-bond acceptors (Lipinski definition) is 4. The molecule has 1 aromatic rings. The van der Waals surface area contributed by atoms with Crippen molar-refractivity contribution in [1.29, 1.82) is 0 Å². The van der Waals surface area contributed by atoms with E-state index in [0.29, 0.717) is 11.7 Å². The summed E-state index contributed by atoms with van der Waals surface area (Å²) in [5.41, 5.74) is 0.864. The second-order valence-electron chi connectivity index (χ2n) is 4.98. The third kappa shape index (κ3) is 3.48. The first-order chi connectivity index (χ1) is 8.63. The van der Waals surface area contributed by atoms with Crippen molar-refractivity contribution in [2.75, 3.05) is 19.6 Å². The highest BCUT2D eigenvalue weighted by Crippen LogP contribution is 2.19. The molecule has 1 amide bonds. The number of hydrogen-bond donors (Lipinski definition) is 1. The Kier molecular flexibility index (Phi) is 5.82. The summed E-state index contributed by atoms with van der Waals surface area (Å²) >= 11 is 0. The lowest BCUT2D eigenvalue weighted by molar-refractivity contribution is 0.0613. The zero-order valence-corrected chi connectivity index (χ0v) is 12.5. The molecule has 0 radical (unpaired) electrons. The normalized spacial score (nSPS) is 20.8. The van der Waals surface area contributed by atoms with E-state index in [1.54, 1.807) is 6.07 Å². The number of halogens is 1. The maximum Gasteiger partial charge on any atom is 0.292 e. The monoisotopic (exact) mass is 287 g/mol. The Hall–Kier alpha value is -1.07. The van der Waals surface area contributed by atoms with Crippen LogP contribution in [0.4, 0.5) is 0 Å². The van der Waals surface area contributed by atoms with Gasteiger partial charge in [-0.1, -0.05) is 19.0 Å². The third-order valence-corrected chi connectivity index (χ3v) is 3.62. The molecule has 1 aliphatic heterocycles. The zero-order chi connectivity index (χ0) is 13.1. The molecule has 6 heteroatoms. The highest BCUT2D eigenvalue weighted by atomic mass is 35.5. The quantitative estimate of drug-likeness (QED) is 0.924. The van der Waals surface area contributed by atoms with E-state index in [1.165, 1.54) is 0 Å². The van der Waals surface area contributed by atoms with Crippen molar-refractivity contribution < 1.29 is 9.32 Å². The lowest BCUT2D eigenvalue weighted by Gasteiger charge is -2.33. The van der Waals surface area contributed by atoms with Gasteiger partial charge in [0, 0.05) is 37.7 Å². The summed E-state index contributed by atoms with van der Waals surface area (Å²) in [6, 6.07) is 1.98. The van der Waals surface area contributed by atoms with Gasteiger partial charge in [-0.2, -0.15) is 0 Å². The summed E-state index contributed by atoms with van der Waals surface area (Å²) in [7, 11) is 0. The summed E-state index contributed by atoms with van der Waals surface area (Å²) < 4.78 is 5.19. The molecular formula is C13H22ClN3O2. The molecule has 5 nitrogen and oxygen atoms in total. The van der Waals surface area contributed by atoms with Gasteiger partial charge < -0.3 is 14.7 Å². The lowest BCUT2D eigenvalue weighted by atomic mass is 10.1. The number of nitrogens with one attached hydrogen (secondary N) is 1. The molecular weight excluding hydrogens is 266 g/mol. The molecule has 1 aromatic heterocycles. The molecule has 2 atom stereocenters. The minimum atomic E-state index is -0.0500. The summed E-state index contributed by atoms with van der Waals surface area (Å²) in [5, 5.41) is 7.25. The van der Waals surface area contributed by atoms with Crippen LogP contribution in [0.5, 0.6) is 0 Å². The van der Waals surface area contributed by atoms with Crippen LogP contribution in [0, 0.1) is 0 Å². The molecule has 0 aromatic carbocycles. The van der Waals surface area contributed by atoms with Crippen LogP contribution in [0.1, 0.15) is 49.4 Å². The Bertz CT molecular complexity index is 422. The Morgan fingerprint density at radius 1 is 1.68 bits per heavy atom. The van der Waals surface area contributed by atoms with Crippen molar-refractivity contribution in [1.82, 2.24) is 15.4 Å². The van der Waals surface area contributed by atoms with Gasteiger partial charge in [-0.05, 0) is 13.3 Å². The number of amides is 1. The highest BCUT2D eigenvalue weighted by Gasteiger charge is 2.27. The van der Waals surface area contributed by atoms with E-state index < -0.39 is 0 Å². The van der Waals surface area contributed by atoms with Gasteiger partial charge in [-0.15, -0.1) is 12.4 Å². The average molecular weight is 288 g/mol. The third-order valence-electron chi connectivity index (χ3n) is 3.62. The van der Waals surface area contributed by atoms with Gasteiger partial charge in [0.2, 0.25) is 5.76 Å². The Morgan fingerprint density at radius 3 is 3.05 bits per heavy atom.